The number of fused-ring (bicyclic) bond motifs is 1. The molecule has 1 unspecified atom stereocenters. The molecule has 0 aromatic heterocycles. The summed E-state index contributed by atoms with van der Waals surface area (Å²) in [6, 6.07) is 13.3. The molecule has 0 amide bonds. The maximum Gasteiger partial charge on any atom is 0.142 e. The van der Waals surface area contributed by atoms with Gasteiger partial charge in [-0.1, -0.05) is 41.9 Å². The largest absolute Gasteiger partial charge is 0.329 e. The van der Waals surface area contributed by atoms with E-state index in [0.29, 0.717) is 6.54 Å². The van der Waals surface area contributed by atoms with Gasteiger partial charge in [-0.3, -0.25) is 4.90 Å². The number of nitrogens with zero attached hydrogens (tertiary/aromatic N) is 1. The highest BCUT2D eigenvalue weighted by molar-refractivity contribution is 6.30. The Labute approximate surface area is 123 Å². The van der Waals surface area contributed by atoms with Gasteiger partial charge in [-0.05, 0) is 28.8 Å². The van der Waals surface area contributed by atoms with Gasteiger partial charge >= 0.3 is 0 Å². The van der Waals surface area contributed by atoms with Crippen LogP contribution in [0.15, 0.2) is 42.5 Å². The van der Waals surface area contributed by atoms with Crippen LogP contribution in [0.5, 0.6) is 0 Å². The maximum atomic E-state index is 13.6. The summed E-state index contributed by atoms with van der Waals surface area (Å²) in [5, 5.41) is 0.147. The second-order valence-electron chi connectivity index (χ2n) is 5.10. The zero-order valence-electron chi connectivity index (χ0n) is 11.0. The summed E-state index contributed by atoms with van der Waals surface area (Å²) < 4.78 is 13.6. The molecule has 1 aliphatic rings. The third-order valence-electron chi connectivity index (χ3n) is 3.86. The fourth-order valence-electron chi connectivity index (χ4n) is 2.80. The van der Waals surface area contributed by atoms with Crippen molar-refractivity contribution < 1.29 is 4.39 Å². The first-order chi connectivity index (χ1) is 9.69. The average molecular weight is 291 g/mol. The van der Waals surface area contributed by atoms with Crippen LogP contribution < -0.4 is 5.73 Å². The Kier molecular flexibility index (Phi) is 3.74. The van der Waals surface area contributed by atoms with Gasteiger partial charge < -0.3 is 5.73 Å². The van der Waals surface area contributed by atoms with Gasteiger partial charge in [0.05, 0.1) is 5.02 Å². The second kappa shape index (κ2) is 5.52. The van der Waals surface area contributed by atoms with Crippen molar-refractivity contribution in [3.8, 4) is 0 Å². The molecule has 0 saturated heterocycles. The van der Waals surface area contributed by atoms with E-state index in [1.54, 1.807) is 6.07 Å². The smallest absolute Gasteiger partial charge is 0.142 e. The Bertz CT molecular complexity index is 605. The molecule has 0 saturated carbocycles. The van der Waals surface area contributed by atoms with Crippen LogP contribution in [-0.2, 0) is 13.1 Å². The van der Waals surface area contributed by atoms with E-state index in [1.807, 2.05) is 18.2 Å². The summed E-state index contributed by atoms with van der Waals surface area (Å²) in [7, 11) is 0. The lowest BCUT2D eigenvalue weighted by atomic mass is 10.1. The van der Waals surface area contributed by atoms with Gasteiger partial charge in [0.25, 0.3) is 0 Å². The minimum Gasteiger partial charge on any atom is -0.329 e. The van der Waals surface area contributed by atoms with Gasteiger partial charge in [-0.2, -0.15) is 0 Å². The first-order valence-electron chi connectivity index (χ1n) is 6.65. The minimum atomic E-state index is -0.390. The molecule has 1 heterocycles. The molecule has 2 nitrogen and oxygen atoms in total. The summed E-state index contributed by atoms with van der Waals surface area (Å²) in [6.07, 6.45) is 0. The van der Waals surface area contributed by atoms with Gasteiger partial charge in [0.15, 0.2) is 0 Å². The molecule has 20 heavy (non-hydrogen) atoms. The molecule has 0 radical (unpaired) electrons. The summed E-state index contributed by atoms with van der Waals surface area (Å²) in [5.74, 6) is -0.390. The Morgan fingerprint density at radius 3 is 2.35 bits per heavy atom. The van der Waals surface area contributed by atoms with Crippen LogP contribution in [0.3, 0.4) is 0 Å². The quantitative estimate of drug-likeness (QED) is 0.937. The number of rotatable bonds is 3. The van der Waals surface area contributed by atoms with Crippen LogP contribution >= 0.6 is 11.6 Å². The van der Waals surface area contributed by atoms with Crippen molar-refractivity contribution in [1.29, 1.82) is 0 Å². The highest BCUT2D eigenvalue weighted by Crippen LogP contribution is 2.31. The summed E-state index contributed by atoms with van der Waals surface area (Å²) in [4.78, 5) is 2.27. The van der Waals surface area contributed by atoms with Crippen molar-refractivity contribution in [2.75, 3.05) is 6.54 Å². The normalized spacial score (nSPS) is 16.1. The van der Waals surface area contributed by atoms with Gasteiger partial charge in [0.1, 0.15) is 5.82 Å². The van der Waals surface area contributed by atoms with Crippen molar-refractivity contribution >= 4 is 11.6 Å². The van der Waals surface area contributed by atoms with Crippen molar-refractivity contribution in [2.45, 2.75) is 19.1 Å². The Morgan fingerprint density at radius 1 is 1.15 bits per heavy atom. The number of nitrogens with two attached hydrogens (primary N) is 1. The molecule has 0 bridgehead atoms. The van der Waals surface area contributed by atoms with E-state index in [1.165, 1.54) is 17.2 Å². The van der Waals surface area contributed by atoms with Crippen LogP contribution in [-0.4, -0.2) is 11.4 Å². The van der Waals surface area contributed by atoms with Crippen LogP contribution in [0.25, 0.3) is 0 Å². The molecule has 2 aromatic rings. The monoisotopic (exact) mass is 290 g/mol. The maximum absolute atomic E-state index is 13.6. The first-order valence-corrected chi connectivity index (χ1v) is 7.02. The van der Waals surface area contributed by atoms with Gasteiger partial charge in [-0.15, -0.1) is 0 Å². The SMILES string of the molecule is NCC(c1ccc(Cl)c(F)c1)N1Cc2ccccc2C1. The number of benzene rings is 2. The molecule has 3 rings (SSSR count). The molecular formula is C16H16ClFN2. The Hall–Kier alpha value is -1.42. The predicted molar refractivity (Wildman–Crippen MR) is 78.9 cm³/mol. The molecule has 4 heteroatoms. The molecule has 104 valence electrons. The zero-order valence-corrected chi connectivity index (χ0v) is 11.8. The van der Waals surface area contributed by atoms with E-state index in [0.717, 1.165) is 18.7 Å². The third kappa shape index (κ3) is 2.44. The summed E-state index contributed by atoms with van der Waals surface area (Å²) in [6.45, 7) is 2.15. The van der Waals surface area contributed by atoms with Crippen molar-refractivity contribution in [3.05, 3.63) is 70.0 Å². The molecule has 0 spiro atoms. The molecular weight excluding hydrogens is 275 g/mol. The molecule has 1 aliphatic heterocycles. The topological polar surface area (TPSA) is 29.3 Å². The van der Waals surface area contributed by atoms with E-state index >= 15 is 0 Å². The van der Waals surface area contributed by atoms with E-state index < -0.39 is 0 Å². The molecule has 0 aliphatic carbocycles. The molecule has 1 atom stereocenters. The van der Waals surface area contributed by atoms with Crippen LogP contribution in [0.4, 0.5) is 4.39 Å². The van der Waals surface area contributed by atoms with Crippen molar-refractivity contribution in [2.24, 2.45) is 5.73 Å². The fourth-order valence-corrected chi connectivity index (χ4v) is 2.91. The van der Waals surface area contributed by atoms with Crippen molar-refractivity contribution in [3.63, 3.8) is 0 Å². The molecule has 0 fully saturated rings. The van der Waals surface area contributed by atoms with Gasteiger partial charge in [0, 0.05) is 25.7 Å². The van der Waals surface area contributed by atoms with E-state index in [9.17, 15) is 4.39 Å². The average Bonchev–Trinajstić information content (AvgIpc) is 2.87. The Balaban J connectivity index is 1.87. The van der Waals surface area contributed by atoms with Crippen molar-refractivity contribution in [1.82, 2.24) is 4.90 Å². The highest BCUT2D eigenvalue weighted by Gasteiger charge is 2.26. The first kappa shape index (κ1) is 13.6. The summed E-state index contributed by atoms with van der Waals surface area (Å²) >= 11 is 5.74. The Morgan fingerprint density at radius 2 is 1.80 bits per heavy atom. The lowest BCUT2D eigenvalue weighted by Gasteiger charge is -2.26. The number of halogens is 2. The van der Waals surface area contributed by atoms with Crippen LogP contribution in [0.2, 0.25) is 5.02 Å². The number of hydrogen-bond donors (Lipinski definition) is 1. The van der Waals surface area contributed by atoms with E-state index in [2.05, 4.69) is 17.0 Å². The van der Waals surface area contributed by atoms with Crippen LogP contribution in [0, 0.1) is 5.82 Å². The lowest BCUT2D eigenvalue weighted by Crippen LogP contribution is -2.29. The molecule has 2 aromatic carbocycles. The van der Waals surface area contributed by atoms with Crippen LogP contribution in [0.1, 0.15) is 22.7 Å². The van der Waals surface area contributed by atoms with E-state index in [4.69, 9.17) is 17.3 Å². The minimum absolute atomic E-state index is 0.00849. The number of hydrogen-bond acceptors (Lipinski definition) is 2. The zero-order chi connectivity index (χ0) is 14.1. The lowest BCUT2D eigenvalue weighted by molar-refractivity contribution is 0.205. The molecule has 2 N–H and O–H groups in total. The second-order valence-corrected chi connectivity index (χ2v) is 5.51. The summed E-state index contributed by atoms with van der Waals surface area (Å²) in [5.41, 5.74) is 9.43. The standard InChI is InChI=1S/C16H16ClFN2/c17-14-6-5-11(7-15(14)18)16(8-19)20-9-12-3-1-2-4-13(12)10-20/h1-7,16H,8-10,19H2. The third-order valence-corrected chi connectivity index (χ3v) is 4.16. The highest BCUT2D eigenvalue weighted by atomic mass is 35.5. The fraction of sp³-hybridized carbons (Fsp3) is 0.250. The van der Waals surface area contributed by atoms with Gasteiger partial charge in [0.2, 0.25) is 0 Å². The predicted octanol–water partition coefficient (Wildman–Crippen LogP) is 3.49. The van der Waals surface area contributed by atoms with Gasteiger partial charge in [-0.25, -0.2) is 4.39 Å². The van der Waals surface area contributed by atoms with E-state index in [-0.39, 0.29) is 16.9 Å².